The van der Waals surface area contributed by atoms with Crippen LogP contribution in [-0.4, -0.2) is 33.5 Å². The van der Waals surface area contributed by atoms with Crippen molar-refractivity contribution in [2.75, 3.05) is 12.9 Å². The highest BCUT2D eigenvalue weighted by molar-refractivity contribution is 7.99. The molecule has 0 bridgehead atoms. The van der Waals surface area contributed by atoms with Crippen LogP contribution in [0.5, 0.6) is 5.75 Å². The molecular formula is C25H23FN4O2S. The fourth-order valence-electron chi connectivity index (χ4n) is 3.43. The van der Waals surface area contributed by atoms with E-state index in [2.05, 4.69) is 15.5 Å². The van der Waals surface area contributed by atoms with Crippen molar-refractivity contribution in [1.82, 2.24) is 20.1 Å². The summed E-state index contributed by atoms with van der Waals surface area (Å²) in [5.74, 6) is 1.01. The number of methoxy groups -OCH3 is 1. The first-order valence-corrected chi connectivity index (χ1v) is 11.4. The topological polar surface area (TPSA) is 69.0 Å². The molecule has 0 aliphatic heterocycles. The number of para-hydroxylation sites is 2. The van der Waals surface area contributed by atoms with E-state index in [0.29, 0.717) is 16.7 Å². The number of carbonyl (C=O) groups excluding carboxylic acids is 1. The number of hydrogen-bond acceptors (Lipinski definition) is 5. The van der Waals surface area contributed by atoms with Crippen molar-refractivity contribution < 1.29 is 13.9 Å². The molecule has 0 radical (unpaired) electrons. The van der Waals surface area contributed by atoms with E-state index in [9.17, 15) is 9.18 Å². The first-order chi connectivity index (χ1) is 16.1. The third-order valence-corrected chi connectivity index (χ3v) is 6.00. The van der Waals surface area contributed by atoms with Gasteiger partial charge in [0.05, 0.1) is 24.5 Å². The van der Waals surface area contributed by atoms with Crippen LogP contribution in [0, 0.1) is 5.82 Å². The molecule has 6 nitrogen and oxygen atoms in total. The van der Waals surface area contributed by atoms with Crippen molar-refractivity contribution in [3.05, 3.63) is 90.2 Å². The van der Waals surface area contributed by atoms with Crippen LogP contribution in [0.15, 0.2) is 84.0 Å². The van der Waals surface area contributed by atoms with E-state index in [-0.39, 0.29) is 23.5 Å². The zero-order valence-corrected chi connectivity index (χ0v) is 19.1. The fourth-order valence-corrected chi connectivity index (χ4v) is 4.19. The second kappa shape index (κ2) is 10.3. The van der Waals surface area contributed by atoms with Crippen LogP contribution in [0.25, 0.3) is 17.1 Å². The van der Waals surface area contributed by atoms with Gasteiger partial charge >= 0.3 is 0 Å². The SMILES string of the molecule is COc1ccccc1-c1nnc(SCC(=O)N[C@H](C)c2ccc(F)cc2)n1-c1ccccc1. The van der Waals surface area contributed by atoms with Crippen molar-refractivity contribution in [2.24, 2.45) is 0 Å². The van der Waals surface area contributed by atoms with Crippen LogP contribution in [0.4, 0.5) is 4.39 Å². The highest BCUT2D eigenvalue weighted by atomic mass is 32.2. The summed E-state index contributed by atoms with van der Waals surface area (Å²) in [6, 6.07) is 23.2. The number of thioether (sulfide) groups is 1. The van der Waals surface area contributed by atoms with Gasteiger partial charge in [0.15, 0.2) is 11.0 Å². The van der Waals surface area contributed by atoms with Gasteiger partial charge in [-0.15, -0.1) is 10.2 Å². The Morgan fingerprint density at radius 1 is 1.03 bits per heavy atom. The Morgan fingerprint density at radius 2 is 1.73 bits per heavy atom. The molecule has 8 heteroatoms. The molecule has 4 aromatic rings. The van der Waals surface area contributed by atoms with E-state index in [0.717, 1.165) is 16.8 Å². The smallest absolute Gasteiger partial charge is 0.230 e. The van der Waals surface area contributed by atoms with Crippen molar-refractivity contribution in [1.29, 1.82) is 0 Å². The molecule has 0 saturated heterocycles. The third-order valence-electron chi connectivity index (χ3n) is 5.08. The molecule has 1 atom stereocenters. The molecule has 33 heavy (non-hydrogen) atoms. The van der Waals surface area contributed by atoms with Crippen LogP contribution < -0.4 is 10.1 Å². The summed E-state index contributed by atoms with van der Waals surface area (Å²) in [7, 11) is 1.62. The number of hydrogen-bond donors (Lipinski definition) is 1. The minimum Gasteiger partial charge on any atom is -0.496 e. The zero-order valence-electron chi connectivity index (χ0n) is 18.2. The van der Waals surface area contributed by atoms with Crippen molar-refractivity contribution in [3.8, 4) is 22.8 Å². The summed E-state index contributed by atoms with van der Waals surface area (Å²) < 4.78 is 20.6. The summed E-state index contributed by atoms with van der Waals surface area (Å²) in [6.45, 7) is 1.86. The summed E-state index contributed by atoms with van der Waals surface area (Å²) >= 11 is 1.30. The normalized spacial score (nSPS) is 11.7. The lowest BCUT2D eigenvalue weighted by Gasteiger charge is -2.15. The average molecular weight is 463 g/mol. The number of rotatable bonds is 8. The van der Waals surface area contributed by atoms with Gasteiger partial charge in [-0.1, -0.05) is 54.2 Å². The van der Waals surface area contributed by atoms with Gasteiger partial charge in [-0.3, -0.25) is 9.36 Å². The molecule has 0 fully saturated rings. The molecule has 3 aromatic carbocycles. The number of nitrogens with zero attached hydrogens (tertiary/aromatic N) is 3. The number of halogens is 1. The lowest BCUT2D eigenvalue weighted by atomic mass is 10.1. The Hall–Kier alpha value is -3.65. The second-order valence-electron chi connectivity index (χ2n) is 7.31. The van der Waals surface area contributed by atoms with Crippen molar-refractivity contribution in [3.63, 3.8) is 0 Å². The largest absolute Gasteiger partial charge is 0.496 e. The predicted octanol–water partition coefficient (Wildman–Crippen LogP) is 5.05. The van der Waals surface area contributed by atoms with Gasteiger partial charge in [0, 0.05) is 5.69 Å². The van der Waals surface area contributed by atoms with Crippen molar-refractivity contribution in [2.45, 2.75) is 18.1 Å². The lowest BCUT2D eigenvalue weighted by Crippen LogP contribution is -2.28. The summed E-state index contributed by atoms with van der Waals surface area (Å²) in [6.07, 6.45) is 0. The zero-order chi connectivity index (χ0) is 23.2. The quantitative estimate of drug-likeness (QED) is 0.371. The first kappa shape index (κ1) is 22.5. The van der Waals surface area contributed by atoms with Gasteiger partial charge in [0.2, 0.25) is 5.91 Å². The Balaban J connectivity index is 1.56. The van der Waals surface area contributed by atoms with Gasteiger partial charge < -0.3 is 10.1 Å². The average Bonchev–Trinajstić information content (AvgIpc) is 3.27. The van der Waals surface area contributed by atoms with Crippen LogP contribution in [-0.2, 0) is 4.79 Å². The van der Waals surface area contributed by atoms with Crippen LogP contribution in [0.1, 0.15) is 18.5 Å². The molecular weight excluding hydrogens is 439 g/mol. The van der Waals surface area contributed by atoms with Gasteiger partial charge in [-0.05, 0) is 48.9 Å². The van der Waals surface area contributed by atoms with Crippen LogP contribution in [0.3, 0.4) is 0 Å². The summed E-state index contributed by atoms with van der Waals surface area (Å²) in [5.41, 5.74) is 2.52. The van der Waals surface area contributed by atoms with E-state index in [1.165, 1.54) is 23.9 Å². The monoisotopic (exact) mass is 462 g/mol. The summed E-state index contributed by atoms with van der Waals surface area (Å²) in [5, 5.41) is 12.3. The number of carbonyl (C=O) groups is 1. The maximum absolute atomic E-state index is 13.2. The maximum atomic E-state index is 13.2. The maximum Gasteiger partial charge on any atom is 0.230 e. The van der Waals surface area contributed by atoms with Gasteiger partial charge in [-0.25, -0.2) is 4.39 Å². The minimum atomic E-state index is -0.307. The number of benzene rings is 3. The fraction of sp³-hybridized carbons (Fsp3) is 0.160. The highest BCUT2D eigenvalue weighted by Gasteiger charge is 2.20. The molecule has 1 heterocycles. The highest BCUT2D eigenvalue weighted by Crippen LogP contribution is 2.33. The Morgan fingerprint density at radius 3 is 2.45 bits per heavy atom. The second-order valence-corrected chi connectivity index (χ2v) is 8.25. The van der Waals surface area contributed by atoms with E-state index in [1.54, 1.807) is 19.2 Å². The van der Waals surface area contributed by atoms with E-state index >= 15 is 0 Å². The summed E-state index contributed by atoms with van der Waals surface area (Å²) in [4.78, 5) is 12.6. The molecule has 168 valence electrons. The molecule has 0 aliphatic rings. The molecule has 4 rings (SSSR count). The van der Waals surface area contributed by atoms with Gasteiger partial charge in [0.25, 0.3) is 0 Å². The minimum absolute atomic E-state index is 0.154. The molecule has 1 amide bonds. The van der Waals surface area contributed by atoms with E-state index in [1.807, 2.05) is 66.1 Å². The lowest BCUT2D eigenvalue weighted by molar-refractivity contribution is -0.119. The molecule has 0 spiro atoms. The number of aromatic nitrogens is 3. The number of ether oxygens (including phenoxy) is 1. The standard InChI is InChI=1S/C25H23FN4O2S/c1-17(18-12-14-19(26)15-13-18)27-23(31)16-33-25-29-28-24(21-10-6-7-11-22(21)32-2)30(25)20-8-4-3-5-9-20/h3-15,17H,16H2,1-2H3,(H,27,31)/t17-/m1/s1. The Kier molecular flexibility index (Phi) is 7.04. The van der Waals surface area contributed by atoms with Crippen molar-refractivity contribution >= 4 is 17.7 Å². The Bertz CT molecular complexity index is 1230. The molecule has 0 aliphatic carbocycles. The molecule has 1 N–H and O–H groups in total. The number of nitrogens with one attached hydrogen (secondary N) is 1. The van der Waals surface area contributed by atoms with E-state index in [4.69, 9.17) is 4.74 Å². The molecule has 1 aromatic heterocycles. The third kappa shape index (κ3) is 5.23. The number of amides is 1. The molecule has 0 unspecified atom stereocenters. The van der Waals surface area contributed by atoms with Gasteiger partial charge in [-0.2, -0.15) is 0 Å². The Labute approximate surface area is 195 Å². The molecule has 0 saturated carbocycles. The van der Waals surface area contributed by atoms with Crippen LogP contribution in [0.2, 0.25) is 0 Å². The predicted molar refractivity (Wildman–Crippen MR) is 127 cm³/mol. The van der Waals surface area contributed by atoms with Crippen LogP contribution >= 0.6 is 11.8 Å². The van der Waals surface area contributed by atoms with Gasteiger partial charge in [0.1, 0.15) is 11.6 Å². The van der Waals surface area contributed by atoms with E-state index < -0.39 is 0 Å². The first-order valence-electron chi connectivity index (χ1n) is 10.4.